The number of aliphatic carboxylic acids is 1. The Bertz CT molecular complexity index is 478. The van der Waals surface area contributed by atoms with Crippen molar-refractivity contribution in [1.82, 2.24) is 0 Å². The molecule has 1 aromatic carbocycles. The molecule has 0 saturated carbocycles. The van der Waals surface area contributed by atoms with Crippen LogP contribution in [0.25, 0.3) is 6.08 Å². The van der Waals surface area contributed by atoms with Crippen molar-refractivity contribution in [2.75, 3.05) is 0 Å². The Balaban J connectivity index is 3.25. The van der Waals surface area contributed by atoms with Gasteiger partial charge in [0, 0.05) is 17.7 Å². The Kier molecular flexibility index (Phi) is 3.50. The second-order valence-corrected chi connectivity index (χ2v) is 3.08. The molecule has 0 spiro atoms. The molecule has 3 nitrogen and oxygen atoms in total. The van der Waals surface area contributed by atoms with Gasteiger partial charge in [0.2, 0.25) is 0 Å². The summed E-state index contributed by atoms with van der Waals surface area (Å²) in [5.74, 6) is -3.69. The molecule has 0 bridgehead atoms. The third-order valence-electron chi connectivity index (χ3n) is 1.87. The number of hydrogen-bond donors (Lipinski definition) is 1. The van der Waals surface area contributed by atoms with Crippen molar-refractivity contribution >= 4 is 17.8 Å². The third-order valence-corrected chi connectivity index (χ3v) is 1.87. The molecule has 1 N–H and O–H groups in total. The van der Waals surface area contributed by atoms with E-state index in [4.69, 9.17) is 5.11 Å². The number of carboxylic acids is 1. The van der Waals surface area contributed by atoms with Crippen LogP contribution in [0.4, 0.5) is 8.78 Å². The van der Waals surface area contributed by atoms with Gasteiger partial charge in [-0.15, -0.1) is 0 Å². The number of carbonyl (C=O) groups excluding carboxylic acids is 1. The van der Waals surface area contributed by atoms with Gasteiger partial charge in [-0.05, 0) is 19.1 Å². The quantitative estimate of drug-likeness (QED) is 0.635. The summed E-state index contributed by atoms with van der Waals surface area (Å²) in [4.78, 5) is 21.2. The summed E-state index contributed by atoms with van der Waals surface area (Å²) in [6.07, 6.45) is 1.67. The molecule has 0 aromatic heterocycles. The summed E-state index contributed by atoms with van der Waals surface area (Å²) < 4.78 is 26.2. The van der Waals surface area contributed by atoms with E-state index in [0.29, 0.717) is 12.1 Å². The molecule has 1 rings (SSSR count). The van der Waals surface area contributed by atoms with Gasteiger partial charge in [0.05, 0.1) is 5.56 Å². The van der Waals surface area contributed by atoms with Crippen LogP contribution in [0, 0.1) is 11.6 Å². The molecule has 16 heavy (non-hydrogen) atoms. The van der Waals surface area contributed by atoms with Gasteiger partial charge in [0.25, 0.3) is 0 Å². The molecular weight excluding hydrogens is 218 g/mol. The molecule has 0 amide bonds. The molecule has 0 aliphatic carbocycles. The predicted octanol–water partition coefficient (Wildman–Crippen LogP) is 2.27. The summed E-state index contributed by atoms with van der Waals surface area (Å²) in [6.45, 7) is 1.14. The minimum absolute atomic E-state index is 0.144. The Morgan fingerprint density at radius 1 is 1.25 bits per heavy atom. The smallest absolute Gasteiger partial charge is 0.328 e. The Labute approximate surface area is 90.0 Å². The van der Waals surface area contributed by atoms with Gasteiger partial charge >= 0.3 is 5.97 Å². The lowest BCUT2D eigenvalue weighted by atomic mass is 10.1. The average molecular weight is 226 g/mol. The monoisotopic (exact) mass is 226 g/mol. The van der Waals surface area contributed by atoms with Crippen LogP contribution >= 0.6 is 0 Å². The minimum atomic E-state index is -1.26. The number of rotatable bonds is 3. The fraction of sp³-hybridized carbons (Fsp3) is 0.0909. The normalized spacial score (nSPS) is 10.7. The van der Waals surface area contributed by atoms with E-state index in [1.807, 2.05) is 0 Å². The maximum Gasteiger partial charge on any atom is 0.328 e. The van der Waals surface area contributed by atoms with Crippen molar-refractivity contribution in [3.63, 3.8) is 0 Å². The van der Waals surface area contributed by atoms with Gasteiger partial charge in [-0.1, -0.05) is 0 Å². The molecule has 5 heteroatoms. The first kappa shape index (κ1) is 12.0. The lowest BCUT2D eigenvalue weighted by molar-refractivity contribution is -0.131. The Hall–Kier alpha value is -2.04. The molecule has 0 aliphatic rings. The van der Waals surface area contributed by atoms with Gasteiger partial charge in [0.1, 0.15) is 11.6 Å². The van der Waals surface area contributed by atoms with Gasteiger partial charge in [-0.2, -0.15) is 0 Å². The standard InChI is InChI=1S/C11H8F2O3/c1-6(14)8-4-7(2-3-11(15)16)9(12)5-10(8)13/h2-5H,1H3,(H,15,16). The van der Waals surface area contributed by atoms with Crippen molar-refractivity contribution in [1.29, 1.82) is 0 Å². The molecule has 0 radical (unpaired) electrons. The molecule has 0 atom stereocenters. The first-order valence-electron chi connectivity index (χ1n) is 4.33. The molecule has 1 aromatic rings. The van der Waals surface area contributed by atoms with E-state index in [1.54, 1.807) is 0 Å². The van der Waals surface area contributed by atoms with Gasteiger partial charge in [-0.25, -0.2) is 13.6 Å². The van der Waals surface area contributed by atoms with E-state index < -0.39 is 23.4 Å². The van der Waals surface area contributed by atoms with Gasteiger partial charge < -0.3 is 5.11 Å². The van der Waals surface area contributed by atoms with Crippen molar-refractivity contribution in [3.05, 3.63) is 41.0 Å². The van der Waals surface area contributed by atoms with E-state index in [1.165, 1.54) is 0 Å². The molecule has 0 saturated heterocycles. The fourth-order valence-electron chi connectivity index (χ4n) is 1.12. The average Bonchev–Trinajstić information content (AvgIpc) is 2.15. The first-order chi connectivity index (χ1) is 7.41. The molecular formula is C11H8F2O3. The van der Waals surface area contributed by atoms with E-state index in [9.17, 15) is 18.4 Å². The van der Waals surface area contributed by atoms with Crippen LogP contribution in [-0.4, -0.2) is 16.9 Å². The predicted molar refractivity (Wildman–Crippen MR) is 53.0 cm³/mol. The number of halogens is 2. The van der Waals surface area contributed by atoms with E-state index in [2.05, 4.69) is 0 Å². The largest absolute Gasteiger partial charge is 0.478 e. The number of hydrogen-bond acceptors (Lipinski definition) is 2. The van der Waals surface area contributed by atoms with Crippen LogP contribution in [-0.2, 0) is 4.79 Å². The molecule has 0 heterocycles. The summed E-state index contributed by atoms with van der Waals surface area (Å²) >= 11 is 0. The van der Waals surface area contributed by atoms with Gasteiger partial charge in [-0.3, -0.25) is 4.79 Å². The topological polar surface area (TPSA) is 54.4 Å². The highest BCUT2D eigenvalue weighted by Crippen LogP contribution is 2.16. The number of carboxylic acid groups (broad SMARTS) is 1. The number of benzene rings is 1. The van der Waals surface area contributed by atoms with E-state index >= 15 is 0 Å². The van der Waals surface area contributed by atoms with Crippen LogP contribution < -0.4 is 0 Å². The first-order valence-corrected chi connectivity index (χ1v) is 4.33. The van der Waals surface area contributed by atoms with E-state index in [-0.39, 0.29) is 11.1 Å². The van der Waals surface area contributed by atoms with Crippen molar-refractivity contribution < 1.29 is 23.5 Å². The van der Waals surface area contributed by atoms with Crippen molar-refractivity contribution in [2.24, 2.45) is 0 Å². The molecule has 84 valence electrons. The van der Waals surface area contributed by atoms with Crippen LogP contribution in [0.1, 0.15) is 22.8 Å². The molecule has 0 fully saturated rings. The minimum Gasteiger partial charge on any atom is -0.478 e. The zero-order valence-electron chi connectivity index (χ0n) is 8.33. The van der Waals surface area contributed by atoms with Gasteiger partial charge in [0.15, 0.2) is 5.78 Å². The Morgan fingerprint density at radius 2 is 1.88 bits per heavy atom. The maximum atomic E-state index is 13.1. The highest BCUT2D eigenvalue weighted by Gasteiger charge is 2.11. The third kappa shape index (κ3) is 2.73. The lowest BCUT2D eigenvalue weighted by Gasteiger charge is -2.02. The Morgan fingerprint density at radius 3 is 2.38 bits per heavy atom. The van der Waals surface area contributed by atoms with E-state index in [0.717, 1.165) is 19.1 Å². The molecule has 0 aliphatic heterocycles. The second-order valence-electron chi connectivity index (χ2n) is 3.08. The number of Topliss-reactive ketones (excluding diaryl/α,β-unsaturated/α-hetero) is 1. The van der Waals surface area contributed by atoms with Crippen molar-refractivity contribution in [2.45, 2.75) is 6.92 Å². The van der Waals surface area contributed by atoms with Crippen LogP contribution in [0.2, 0.25) is 0 Å². The summed E-state index contributed by atoms with van der Waals surface area (Å²) in [6, 6.07) is 1.53. The lowest BCUT2D eigenvalue weighted by Crippen LogP contribution is -2.00. The second kappa shape index (κ2) is 4.65. The fourth-order valence-corrected chi connectivity index (χ4v) is 1.12. The van der Waals surface area contributed by atoms with Crippen molar-refractivity contribution in [3.8, 4) is 0 Å². The highest BCUT2D eigenvalue weighted by molar-refractivity contribution is 5.95. The summed E-state index contributed by atoms with van der Waals surface area (Å²) in [5, 5.41) is 8.35. The highest BCUT2D eigenvalue weighted by atomic mass is 19.1. The summed E-state index contributed by atoms with van der Waals surface area (Å²) in [7, 11) is 0. The maximum absolute atomic E-state index is 13.1. The summed E-state index contributed by atoms with van der Waals surface area (Å²) in [5.41, 5.74) is -0.416. The SMILES string of the molecule is CC(=O)c1cc(C=CC(=O)O)c(F)cc1F. The van der Waals surface area contributed by atoms with Crippen LogP contribution in [0.3, 0.4) is 0 Å². The van der Waals surface area contributed by atoms with Crippen LogP contribution in [0.15, 0.2) is 18.2 Å². The molecule has 0 unspecified atom stereocenters. The zero-order chi connectivity index (χ0) is 12.3. The number of carbonyl (C=O) groups is 2. The number of ketones is 1. The van der Waals surface area contributed by atoms with Crippen LogP contribution in [0.5, 0.6) is 0 Å². The zero-order valence-corrected chi connectivity index (χ0v) is 8.33.